The summed E-state index contributed by atoms with van der Waals surface area (Å²) >= 11 is 0. The molecule has 0 rings (SSSR count). The van der Waals surface area contributed by atoms with Gasteiger partial charge in [0.15, 0.2) is 0 Å². The average Bonchev–Trinajstić information content (AvgIpc) is 2.38. The maximum absolute atomic E-state index is 10.2. The first-order valence-electron chi connectivity index (χ1n) is 7.38. The minimum Gasteiger partial charge on any atom is -0.790 e. The zero-order chi connectivity index (χ0) is 15.3. The molecule has 0 aliphatic carbocycles. The van der Waals surface area contributed by atoms with Crippen molar-refractivity contribution < 1.29 is 87.8 Å². The second-order valence-corrected chi connectivity index (χ2v) is 6.10. The molecular formula is C13H27Na2O6P. The van der Waals surface area contributed by atoms with Gasteiger partial charge < -0.3 is 28.7 Å². The molecule has 22 heavy (non-hydrogen) atoms. The van der Waals surface area contributed by atoms with Crippen LogP contribution in [0.25, 0.3) is 0 Å². The summed E-state index contributed by atoms with van der Waals surface area (Å²) in [6.07, 6.45) is 8.53. The quantitative estimate of drug-likeness (QED) is 0.191. The first-order chi connectivity index (χ1) is 9.45. The van der Waals surface area contributed by atoms with Crippen molar-refractivity contribution >= 4 is 7.82 Å². The molecule has 0 aliphatic heterocycles. The summed E-state index contributed by atoms with van der Waals surface area (Å²) in [5, 5.41) is 9.29. The van der Waals surface area contributed by atoms with E-state index < -0.39 is 20.5 Å². The predicted octanol–water partition coefficient (Wildman–Crippen LogP) is -4.64. The molecule has 0 saturated carbocycles. The number of hydrogen-bond donors (Lipinski definition) is 1. The van der Waals surface area contributed by atoms with E-state index in [-0.39, 0.29) is 65.7 Å². The molecule has 6 nitrogen and oxygen atoms in total. The average molecular weight is 356 g/mol. The molecule has 0 aliphatic rings. The van der Waals surface area contributed by atoms with Crippen LogP contribution in [0.3, 0.4) is 0 Å². The van der Waals surface area contributed by atoms with E-state index in [4.69, 9.17) is 4.74 Å². The Morgan fingerprint density at radius 3 is 1.95 bits per heavy atom. The number of phosphoric acid groups is 1. The first kappa shape index (κ1) is 28.8. The predicted molar refractivity (Wildman–Crippen MR) is 73.0 cm³/mol. The van der Waals surface area contributed by atoms with E-state index in [0.717, 1.165) is 12.8 Å². The van der Waals surface area contributed by atoms with Gasteiger partial charge in [-0.25, -0.2) is 0 Å². The summed E-state index contributed by atoms with van der Waals surface area (Å²) in [4.78, 5) is 20.4. The Bertz CT molecular complexity index is 265. The van der Waals surface area contributed by atoms with Crippen molar-refractivity contribution in [3.8, 4) is 0 Å². The molecule has 0 radical (unpaired) electrons. The van der Waals surface area contributed by atoms with E-state index in [0.29, 0.717) is 6.61 Å². The van der Waals surface area contributed by atoms with Crippen LogP contribution in [-0.4, -0.2) is 31.0 Å². The normalized spacial score (nSPS) is 12.4. The molecule has 0 aromatic heterocycles. The first-order valence-corrected chi connectivity index (χ1v) is 8.84. The van der Waals surface area contributed by atoms with Gasteiger partial charge in [-0.2, -0.15) is 0 Å². The third-order valence-electron chi connectivity index (χ3n) is 2.88. The molecule has 1 unspecified atom stereocenters. The summed E-state index contributed by atoms with van der Waals surface area (Å²) in [7, 11) is -5.00. The maximum atomic E-state index is 10.2. The Kier molecular flexibility index (Phi) is 25.4. The number of phosphoric ester groups is 1. The third-order valence-corrected chi connectivity index (χ3v) is 3.34. The molecular weight excluding hydrogens is 329 g/mol. The molecule has 1 atom stereocenters. The van der Waals surface area contributed by atoms with Crippen molar-refractivity contribution in [1.82, 2.24) is 0 Å². The molecule has 0 amide bonds. The second-order valence-electron chi connectivity index (χ2n) is 4.95. The van der Waals surface area contributed by atoms with Gasteiger partial charge in [0.05, 0.1) is 21.0 Å². The summed E-state index contributed by atoms with van der Waals surface area (Å²) in [5.74, 6) is 0. The fourth-order valence-corrected chi connectivity index (χ4v) is 2.14. The third kappa shape index (κ3) is 24.3. The molecule has 1 N–H and O–H groups in total. The molecule has 9 heteroatoms. The zero-order valence-corrected chi connectivity index (χ0v) is 19.2. The van der Waals surface area contributed by atoms with Crippen molar-refractivity contribution in [1.29, 1.82) is 0 Å². The number of hydrogen-bond acceptors (Lipinski definition) is 6. The maximum Gasteiger partial charge on any atom is 1.00 e. The van der Waals surface area contributed by atoms with Gasteiger partial charge in [0, 0.05) is 6.61 Å². The molecule has 122 valence electrons. The van der Waals surface area contributed by atoms with Crippen LogP contribution < -0.4 is 68.9 Å². The largest absolute Gasteiger partial charge is 1.00 e. The van der Waals surface area contributed by atoms with E-state index in [1.54, 1.807) is 0 Å². The zero-order valence-electron chi connectivity index (χ0n) is 14.3. The number of unbranched alkanes of at least 4 members (excludes halogenated alkanes) is 7. The van der Waals surface area contributed by atoms with Crippen LogP contribution in [0, 0.1) is 0 Å². The summed E-state index contributed by atoms with van der Waals surface area (Å²) in [6, 6.07) is 0. The van der Waals surface area contributed by atoms with Crippen LogP contribution in [0.1, 0.15) is 58.3 Å². The fraction of sp³-hybridized carbons (Fsp3) is 1.00. The van der Waals surface area contributed by atoms with Gasteiger partial charge in [-0.3, -0.25) is 0 Å². The number of ether oxygens (including phenoxy) is 1. The van der Waals surface area contributed by atoms with Gasteiger partial charge in [-0.1, -0.05) is 51.9 Å². The minimum absolute atomic E-state index is 0. The van der Waals surface area contributed by atoms with E-state index >= 15 is 0 Å². The van der Waals surface area contributed by atoms with Gasteiger partial charge in [0.25, 0.3) is 0 Å². The summed E-state index contributed by atoms with van der Waals surface area (Å²) in [5.41, 5.74) is 0. The molecule has 0 spiro atoms. The van der Waals surface area contributed by atoms with Crippen LogP contribution in [0.15, 0.2) is 0 Å². The van der Waals surface area contributed by atoms with Crippen LogP contribution in [-0.2, 0) is 13.8 Å². The smallest absolute Gasteiger partial charge is 0.790 e. The van der Waals surface area contributed by atoms with Gasteiger partial charge in [-0.05, 0) is 6.42 Å². The Morgan fingerprint density at radius 2 is 1.45 bits per heavy atom. The number of rotatable bonds is 14. The molecule has 0 bridgehead atoms. The van der Waals surface area contributed by atoms with Gasteiger partial charge in [-0.15, -0.1) is 0 Å². The van der Waals surface area contributed by atoms with Crippen LogP contribution in [0.5, 0.6) is 0 Å². The van der Waals surface area contributed by atoms with Crippen molar-refractivity contribution in [2.24, 2.45) is 0 Å². The number of aliphatic hydroxyl groups excluding tert-OH is 1. The second kappa shape index (κ2) is 19.4. The molecule has 0 heterocycles. The van der Waals surface area contributed by atoms with E-state index in [9.17, 15) is 19.5 Å². The standard InChI is InChI=1S/C13H29O6P.2Na/c1-2-3-4-5-6-7-8-9-10-18-11-13(14)12-19-20(15,16)17;;/h13-14H,2-12H2,1H3,(H2,15,16,17);;/q;2*+1/p-2. The topological polar surface area (TPSA) is 102 Å². The molecule has 0 aromatic carbocycles. The SMILES string of the molecule is CCCCCCCCCCOCC(O)COP(=O)([O-])[O-].[Na+].[Na+]. The Hall–Kier alpha value is 2.03. The van der Waals surface area contributed by atoms with Crippen LogP contribution in [0.4, 0.5) is 0 Å². The van der Waals surface area contributed by atoms with Crippen molar-refractivity contribution in [3.63, 3.8) is 0 Å². The Balaban J connectivity index is -0.00000180. The minimum atomic E-state index is -5.00. The van der Waals surface area contributed by atoms with Gasteiger partial charge >= 0.3 is 59.1 Å². The van der Waals surface area contributed by atoms with E-state index in [1.165, 1.54) is 38.5 Å². The Morgan fingerprint density at radius 1 is 0.955 bits per heavy atom. The summed E-state index contributed by atoms with van der Waals surface area (Å²) < 4.78 is 19.3. The van der Waals surface area contributed by atoms with Crippen LogP contribution >= 0.6 is 7.82 Å². The van der Waals surface area contributed by atoms with Crippen molar-refractivity contribution in [3.05, 3.63) is 0 Å². The van der Waals surface area contributed by atoms with Crippen molar-refractivity contribution in [2.75, 3.05) is 19.8 Å². The van der Waals surface area contributed by atoms with E-state index in [2.05, 4.69) is 11.4 Å². The number of aliphatic hydroxyl groups is 1. The summed E-state index contributed by atoms with van der Waals surface area (Å²) in [6.45, 7) is 2.17. The Labute approximate surface area is 178 Å². The molecule has 0 aromatic rings. The fourth-order valence-electron chi connectivity index (χ4n) is 1.78. The monoisotopic (exact) mass is 356 g/mol. The van der Waals surface area contributed by atoms with E-state index in [1.807, 2.05) is 0 Å². The van der Waals surface area contributed by atoms with Gasteiger partial charge in [0.1, 0.15) is 6.10 Å². The van der Waals surface area contributed by atoms with Gasteiger partial charge in [0.2, 0.25) is 0 Å². The van der Waals surface area contributed by atoms with Crippen LogP contribution in [0.2, 0.25) is 0 Å². The van der Waals surface area contributed by atoms with Crippen molar-refractivity contribution in [2.45, 2.75) is 64.4 Å². The molecule has 0 fully saturated rings. The molecule has 0 saturated heterocycles.